The minimum atomic E-state index is -0.197. The summed E-state index contributed by atoms with van der Waals surface area (Å²) in [6, 6.07) is 1.42. The third kappa shape index (κ3) is 1.39. The Hall–Kier alpha value is -2.24. The summed E-state index contributed by atoms with van der Waals surface area (Å²) in [6.07, 6.45) is 7.24. The van der Waals surface area contributed by atoms with Gasteiger partial charge in [0.2, 0.25) is 0 Å². The van der Waals surface area contributed by atoms with Gasteiger partial charge in [0, 0.05) is 18.8 Å². The number of pyridine rings is 1. The Kier molecular flexibility index (Phi) is 2.24. The molecule has 1 aliphatic carbocycles. The van der Waals surface area contributed by atoms with Crippen molar-refractivity contribution in [2.24, 2.45) is 0 Å². The Morgan fingerprint density at radius 3 is 2.85 bits per heavy atom. The first-order chi connectivity index (χ1) is 9.71. The Labute approximate surface area is 114 Å². The van der Waals surface area contributed by atoms with Gasteiger partial charge in [0.25, 0.3) is 5.91 Å². The SMILES string of the molecule is O=C1NCC2(CCCC2)n2c1cc(=O)c1cncnc12. The lowest BCUT2D eigenvalue weighted by Crippen LogP contribution is -2.51. The van der Waals surface area contributed by atoms with Crippen molar-refractivity contribution in [1.29, 1.82) is 0 Å². The van der Waals surface area contributed by atoms with E-state index in [1.807, 2.05) is 4.57 Å². The fraction of sp³-hybridized carbons (Fsp3) is 0.429. The van der Waals surface area contributed by atoms with E-state index in [-0.39, 0.29) is 16.9 Å². The zero-order valence-corrected chi connectivity index (χ0v) is 10.9. The van der Waals surface area contributed by atoms with Gasteiger partial charge in [0.05, 0.1) is 10.9 Å². The number of carbonyl (C=O) groups excluding carboxylic acids is 1. The number of aromatic nitrogens is 3. The fourth-order valence-corrected chi connectivity index (χ4v) is 3.55. The molecule has 0 saturated heterocycles. The predicted octanol–water partition coefficient (Wildman–Crippen LogP) is 0.804. The van der Waals surface area contributed by atoms with E-state index in [4.69, 9.17) is 0 Å². The van der Waals surface area contributed by atoms with Crippen molar-refractivity contribution in [1.82, 2.24) is 19.9 Å². The van der Waals surface area contributed by atoms with Crippen molar-refractivity contribution in [2.45, 2.75) is 31.2 Å². The zero-order chi connectivity index (χ0) is 13.7. The number of hydrogen-bond acceptors (Lipinski definition) is 4. The molecule has 1 amide bonds. The molecule has 0 bridgehead atoms. The summed E-state index contributed by atoms with van der Waals surface area (Å²) in [5, 5.41) is 3.40. The van der Waals surface area contributed by atoms with Crippen LogP contribution >= 0.6 is 0 Å². The van der Waals surface area contributed by atoms with Gasteiger partial charge in [-0.15, -0.1) is 0 Å². The highest BCUT2D eigenvalue weighted by Crippen LogP contribution is 2.39. The molecule has 0 aromatic carbocycles. The van der Waals surface area contributed by atoms with Crippen LogP contribution in [-0.4, -0.2) is 27.0 Å². The van der Waals surface area contributed by atoms with Gasteiger partial charge in [-0.05, 0) is 12.8 Å². The van der Waals surface area contributed by atoms with Gasteiger partial charge >= 0.3 is 0 Å². The highest BCUT2D eigenvalue weighted by molar-refractivity contribution is 5.96. The summed E-state index contributed by atoms with van der Waals surface area (Å²) in [5.74, 6) is -0.194. The number of amides is 1. The van der Waals surface area contributed by atoms with E-state index in [1.165, 1.54) is 18.6 Å². The maximum Gasteiger partial charge on any atom is 0.268 e. The van der Waals surface area contributed by atoms with Crippen molar-refractivity contribution in [3.63, 3.8) is 0 Å². The number of rotatable bonds is 0. The highest BCUT2D eigenvalue weighted by atomic mass is 16.2. The second-order valence-corrected chi connectivity index (χ2v) is 5.60. The van der Waals surface area contributed by atoms with Crippen LogP contribution in [0, 0.1) is 0 Å². The molecule has 2 aromatic heterocycles. The van der Waals surface area contributed by atoms with Crippen molar-refractivity contribution in [3.8, 4) is 0 Å². The van der Waals surface area contributed by atoms with Gasteiger partial charge in [0.1, 0.15) is 17.7 Å². The first-order valence-corrected chi connectivity index (χ1v) is 6.86. The van der Waals surface area contributed by atoms with Crippen LogP contribution in [0.1, 0.15) is 36.2 Å². The molecule has 0 radical (unpaired) electrons. The summed E-state index contributed by atoms with van der Waals surface area (Å²) in [4.78, 5) is 32.4. The second-order valence-electron chi connectivity index (χ2n) is 5.60. The zero-order valence-electron chi connectivity index (χ0n) is 10.9. The van der Waals surface area contributed by atoms with Gasteiger partial charge in [-0.1, -0.05) is 12.8 Å². The number of nitrogens with one attached hydrogen (secondary N) is 1. The molecule has 2 aromatic rings. The normalized spacial score (nSPS) is 20.1. The van der Waals surface area contributed by atoms with Crippen LogP contribution in [0.5, 0.6) is 0 Å². The topological polar surface area (TPSA) is 76.9 Å². The van der Waals surface area contributed by atoms with Crippen LogP contribution < -0.4 is 10.7 Å². The number of nitrogens with zero attached hydrogens (tertiary/aromatic N) is 3. The fourth-order valence-electron chi connectivity index (χ4n) is 3.55. The molecule has 0 unspecified atom stereocenters. The average molecular weight is 270 g/mol. The van der Waals surface area contributed by atoms with Gasteiger partial charge in [-0.2, -0.15) is 0 Å². The third-order valence-corrected chi connectivity index (χ3v) is 4.50. The molecular formula is C14H14N4O2. The van der Waals surface area contributed by atoms with E-state index in [0.717, 1.165) is 25.7 Å². The van der Waals surface area contributed by atoms with Crippen LogP contribution in [-0.2, 0) is 5.54 Å². The van der Waals surface area contributed by atoms with Crippen molar-refractivity contribution >= 4 is 16.9 Å². The number of carbonyl (C=O) groups is 1. The molecule has 20 heavy (non-hydrogen) atoms. The second kappa shape index (κ2) is 3.88. The van der Waals surface area contributed by atoms with Crippen molar-refractivity contribution < 1.29 is 4.79 Å². The molecule has 102 valence electrons. The minimum absolute atomic E-state index is 0.135. The molecule has 2 aliphatic rings. The Bertz CT molecular complexity index is 774. The quantitative estimate of drug-likeness (QED) is 0.768. The maximum absolute atomic E-state index is 12.1. The van der Waals surface area contributed by atoms with Gasteiger partial charge in [0.15, 0.2) is 5.43 Å². The molecule has 6 nitrogen and oxygen atoms in total. The summed E-state index contributed by atoms with van der Waals surface area (Å²) in [5.41, 5.74) is 0.675. The first-order valence-electron chi connectivity index (χ1n) is 6.86. The first kappa shape index (κ1) is 11.6. The maximum atomic E-state index is 12.1. The molecule has 1 spiro atoms. The van der Waals surface area contributed by atoms with Gasteiger partial charge in [-0.3, -0.25) is 9.59 Å². The van der Waals surface area contributed by atoms with Crippen LogP contribution in [0.15, 0.2) is 23.4 Å². The van der Waals surface area contributed by atoms with E-state index in [9.17, 15) is 9.59 Å². The lowest BCUT2D eigenvalue weighted by molar-refractivity contribution is 0.0873. The van der Waals surface area contributed by atoms with Crippen LogP contribution in [0.3, 0.4) is 0 Å². The van der Waals surface area contributed by atoms with E-state index in [1.54, 1.807) is 0 Å². The number of hydrogen-bond donors (Lipinski definition) is 1. The lowest BCUT2D eigenvalue weighted by Gasteiger charge is -2.38. The molecular weight excluding hydrogens is 256 g/mol. The van der Waals surface area contributed by atoms with Crippen LogP contribution in [0.4, 0.5) is 0 Å². The molecule has 3 heterocycles. The van der Waals surface area contributed by atoms with E-state index < -0.39 is 0 Å². The van der Waals surface area contributed by atoms with Crippen molar-refractivity contribution in [2.75, 3.05) is 6.54 Å². The van der Waals surface area contributed by atoms with Crippen molar-refractivity contribution in [3.05, 3.63) is 34.5 Å². The highest BCUT2D eigenvalue weighted by Gasteiger charge is 2.42. The van der Waals surface area contributed by atoms with E-state index in [0.29, 0.717) is 23.3 Å². The average Bonchev–Trinajstić information content (AvgIpc) is 2.93. The smallest absolute Gasteiger partial charge is 0.268 e. The molecule has 1 N–H and O–H groups in total. The molecule has 1 aliphatic heterocycles. The molecule has 4 rings (SSSR count). The molecule has 0 atom stereocenters. The minimum Gasteiger partial charge on any atom is -0.348 e. The van der Waals surface area contributed by atoms with Gasteiger partial charge in [-0.25, -0.2) is 9.97 Å². The third-order valence-electron chi connectivity index (χ3n) is 4.50. The monoisotopic (exact) mass is 270 g/mol. The number of fused-ring (bicyclic) bond motifs is 4. The van der Waals surface area contributed by atoms with E-state index in [2.05, 4.69) is 15.3 Å². The Morgan fingerprint density at radius 2 is 2.05 bits per heavy atom. The summed E-state index contributed by atoms with van der Waals surface area (Å²) >= 11 is 0. The van der Waals surface area contributed by atoms with Crippen LogP contribution in [0.25, 0.3) is 11.0 Å². The Balaban J connectivity index is 2.15. The summed E-state index contributed by atoms with van der Waals surface area (Å²) < 4.78 is 1.98. The van der Waals surface area contributed by atoms with E-state index >= 15 is 0 Å². The van der Waals surface area contributed by atoms with Crippen LogP contribution in [0.2, 0.25) is 0 Å². The molecule has 1 fully saturated rings. The lowest BCUT2D eigenvalue weighted by atomic mass is 9.93. The largest absolute Gasteiger partial charge is 0.348 e. The summed E-state index contributed by atoms with van der Waals surface area (Å²) in [7, 11) is 0. The van der Waals surface area contributed by atoms with Gasteiger partial charge < -0.3 is 9.88 Å². The standard InChI is InChI=1S/C14H14N4O2/c19-11-5-10-13(20)16-7-14(3-1-2-4-14)18(10)12-9(11)6-15-8-17-12/h5-6,8H,1-4,7H2,(H,16,20). The summed E-state index contributed by atoms with van der Waals surface area (Å²) in [6.45, 7) is 0.612. The predicted molar refractivity (Wildman–Crippen MR) is 72.6 cm³/mol. The molecule has 6 heteroatoms. The Morgan fingerprint density at radius 1 is 1.25 bits per heavy atom. The molecule has 1 saturated carbocycles.